The van der Waals surface area contributed by atoms with Crippen LogP contribution in [0.15, 0.2) is 12.1 Å². The summed E-state index contributed by atoms with van der Waals surface area (Å²) < 4.78 is 41.3. The molecule has 0 spiro atoms. The van der Waals surface area contributed by atoms with Crippen LogP contribution in [-0.2, 0) is 5.41 Å². The quantitative estimate of drug-likeness (QED) is 0.827. The first-order chi connectivity index (χ1) is 9.25. The highest BCUT2D eigenvalue weighted by Crippen LogP contribution is 2.33. The summed E-state index contributed by atoms with van der Waals surface area (Å²) in [6, 6.07) is 2.24. The van der Waals surface area contributed by atoms with E-state index in [0.717, 1.165) is 0 Å². The fourth-order valence-corrected chi connectivity index (χ4v) is 2.02. The summed E-state index contributed by atoms with van der Waals surface area (Å²) in [5.41, 5.74) is 0.377. The number of aromatic nitrogens is 1. The van der Waals surface area contributed by atoms with Gasteiger partial charge in [0.15, 0.2) is 11.6 Å². The highest BCUT2D eigenvalue weighted by Gasteiger charge is 2.22. The largest absolute Gasteiger partial charge is 0.385 e. The van der Waals surface area contributed by atoms with Crippen LogP contribution in [0, 0.1) is 17.5 Å². The van der Waals surface area contributed by atoms with Crippen LogP contribution in [0.1, 0.15) is 33.4 Å². The monoisotopic (exact) mass is 282 g/mol. The summed E-state index contributed by atoms with van der Waals surface area (Å²) >= 11 is 0. The highest BCUT2D eigenvalue weighted by molar-refractivity contribution is 5.92. The Labute approximate surface area is 116 Å². The standard InChI is InChI=1S/C15H17F3N2/c1-5-19-10-7-11(15(2,3)4)20-14-12(10)8(16)6-9(17)13(14)18/h6-7H,5H2,1-4H3,(H,19,20). The Bertz CT molecular complexity index is 660. The lowest BCUT2D eigenvalue weighted by Gasteiger charge is -2.20. The molecule has 1 aromatic heterocycles. The van der Waals surface area contributed by atoms with Gasteiger partial charge in [0.2, 0.25) is 0 Å². The van der Waals surface area contributed by atoms with Crippen molar-refractivity contribution in [1.29, 1.82) is 0 Å². The molecule has 20 heavy (non-hydrogen) atoms. The molecule has 2 nitrogen and oxygen atoms in total. The maximum absolute atomic E-state index is 14.0. The van der Waals surface area contributed by atoms with E-state index in [1.807, 2.05) is 27.7 Å². The smallest absolute Gasteiger partial charge is 0.185 e. The van der Waals surface area contributed by atoms with E-state index >= 15 is 0 Å². The van der Waals surface area contributed by atoms with Crippen molar-refractivity contribution in [2.75, 3.05) is 11.9 Å². The number of rotatable bonds is 2. The Balaban J connectivity index is 2.89. The van der Waals surface area contributed by atoms with Crippen molar-refractivity contribution in [2.45, 2.75) is 33.1 Å². The SMILES string of the molecule is CCNc1cc(C(C)(C)C)nc2c(F)c(F)cc(F)c12. The average Bonchev–Trinajstić information content (AvgIpc) is 2.34. The first-order valence-electron chi connectivity index (χ1n) is 6.48. The van der Waals surface area contributed by atoms with Crippen molar-refractivity contribution >= 4 is 16.6 Å². The molecule has 0 atom stereocenters. The fraction of sp³-hybridized carbons (Fsp3) is 0.400. The second-order valence-corrected chi connectivity index (χ2v) is 5.71. The van der Waals surface area contributed by atoms with Crippen molar-refractivity contribution in [2.24, 2.45) is 0 Å². The average molecular weight is 282 g/mol. The summed E-state index contributed by atoms with van der Waals surface area (Å²) in [4.78, 5) is 4.12. The molecule has 1 N–H and O–H groups in total. The number of hydrogen-bond donors (Lipinski definition) is 1. The van der Waals surface area contributed by atoms with E-state index in [1.54, 1.807) is 6.07 Å². The van der Waals surface area contributed by atoms with Crippen LogP contribution in [0.5, 0.6) is 0 Å². The summed E-state index contributed by atoms with van der Waals surface area (Å²) in [5, 5.41) is 2.97. The molecular formula is C15H17F3N2. The van der Waals surface area contributed by atoms with Gasteiger partial charge in [0.25, 0.3) is 0 Å². The van der Waals surface area contributed by atoms with Crippen LogP contribution in [0.3, 0.4) is 0 Å². The third-order valence-electron chi connectivity index (χ3n) is 3.06. The minimum atomic E-state index is -1.23. The molecule has 0 saturated heterocycles. The first kappa shape index (κ1) is 14.6. The Kier molecular flexibility index (Phi) is 3.63. The molecule has 2 rings (SSSR count). The summed E-state index contributed by atoms with van der Waals surface area (Å²) in [5.74, 6) is -3.16. The number of benzene rings is 1. The second-order valence-electron chi connectivity index (χ2n) is 5.71. The van der Waals surface area contributed by atoms with Crippen LogP contribution in [0.2, 0.25) is 0 Å². The Morgan fingerprint density at radius 3 is 2.30 bits per heavy atom. The van der Waals surface area contributed by atoms with Crippen molar-refractivity contribution in [1.82, 2.24) is 4.98 Å². The molecule has 0 bridgehead atoms. The number of fused-ring (bicyclic) bond motifs is 1. The van der Waals surface area contributed by atoms with Crippen LogP contribution >= 0.6 is 0 Å². The molecule has 1 heterocycles. The van der Waals surface area contributed by atoms with Gasteiger partial charge in [-0.15, -0.1) is 0 Å². The lowest BCUT2D eigenvalue weighted by atomic mass is 9.90. The van der Waals surface area contributed by atoms with Gasteiger partial charge in [-0.05, 0) is 13.0 Å². The lowest BCUT2D eigenvalue weighted by Crippen LogP contribution is -2.15. The van der Waals surface area contributed by atoms with Crippen molar-refractivity contribution in [3.63, 3.8) is 0 Å². The third kappa shape index (κ3) is 2.44. The molecule has 0 saturated carbocycles. The summed E-state index contributed by atoms with van der Waals surface area (Å²) in [7, 11) is 0. The number of nitrogens with one attached hydrogen (secondary N) is 1. The third-order valence-corrected chi connectivity index (χ3v) is 3.06. The number of nitrogens with zero attached hydrogens (tertiary/aromatic N) is 1. The van der Waals surface area contributed by atoms with E-state index in [1.165, 1.54) is 0 Å². The van der Waals surface area contributed by atoms with Gasteiger partial charge >= 0.3 is 0 Å². The molecule has 0 aliphatic heterocycles. The van der Waals surface area contributed by atoms with Gasteiger partial charge in [0, 0.05) is 29.4 Å². The number of anilines is 1. The van der Waals surface area contributed by atoms with E-state index in [4.69, 9.17) is 0 Å². The minimum absolute atomic E-state index is 0.0150. The highest BCUT2D eigenvalue weighted by atomic mass is 19.2. The molecule has 108 valence electrons. The van der Waals surface area contributed by atoms with Gasteiger partial charge < -0.3 is 5.32 Å². The Morgan fingerprint density at radius 1 is 1.10 bits per heavy atom. The van der Waals surface area contributed by atoms with E-state index in [2.05, 4.69) is 10.3 Å². The van der Waals surface area contributed by atoms with Crippen LogP contribution < -0.4 is 5.32 Å². The zero-order chi connectivity index (χ0) is 15.1. The van der Waals surface area contributed by atoms with Crippen molar-refractivity contribution in [3.05, 3.63) is 35.3 Å². The van der Waals surface area contributed by atoms with Crippen LogP contribution in [-0.4, -0.2) is 11.5 Å². The van der Waals surface area contributed by atoms with Gasteiger partial charge in [-0.1, -0.05) is 20.8 Å². The minimum Gasteiger partial charge on any atom is -0.385 e. The Morgan fingerprint density at radius 2 is 1.75 bits per heavy atom. The molecule has 0 aliphatic rings. The fourth-order valence-electron chi connectivity index (χ4n) is 2.02. The maximum atomic E-state index is 14.0. The van der Waals surface area contributed by atoms with Gasteiger partial charge in [0.1, 0.15) is 11.3 Å². The summed E-state index contributed by atoms with van der Waals surface area (Å²) in [6.45, 7) is 8.11. The van der Waals surface area contributed by atoms with E-state index in [0.29, 0.717) is 24.0 Å². The molecule has 0 fully saturated rings. The second kappa shape index (κ2) is 4.96. The summed E-state index contributed by atoms with van der Waals surface area (Å²) in [6.07, 6.45) is 0. The first-order valence-corrected chi connectivity index (χ1v) is 6.48. The van der Waals surface area contributed by atoms with Gasteiger partial charge in [-0.2, -0.15) is 0 Å². The van der Waals surface area contributed by atoms with Crippen molar-refractivity contribution in [3.8, 4) is 0 Å². The molecule has 0 unspecified atom stereocenters. The van der Waals surface area contributed by atoms with Gasteiger partial charge in [-0.3, -0.25) is 0 Å². The molecule has 0 aliphatic carbocycles. The van der Waals surface area contributed by atoms with E-state index in [-0.39, 0.29) is 16.3 Å². The molecule has 0 radical (unpaired) electrons. The molecule has 5 heteroatoms. The lowest BCUT2D eigenvalue weighted by molar-refractivity contribution is 0.502. The molecule has 1 aromatic carbocycles. The van der Waals surface area contributed by atoms with E-state index < -0.39 is 17.5 Å². The predicted octanol–water partition coefficient (Wildman–Crippen LogP) is 4.38. The van der Waals surface area contributed by atoms with Gasteiger partial charge in [0.05, 0.1) is 5.39 Å². The maximum Gasteiger partial charge on any atom is 0.185 e. The van der Waals surface area contributed by atoms with Gasteiger partial charge in [-0.25, -0.2) is 18.2 Å². The number of hydrogen-bond acceptors (Lipinski definition) is 2. The van der Waals surface area contributed by atoms with Crippen molar-refractivity contribution < 1.29 is 13.2 Å². The molecular weight excluding hydrogens is 265 g/mol. The normalized spacial score (nSPS) is 11.9. The number of pyridine rings is 1. The zero-order valence-electron chi connectivity index (χ0n) is 11.9. The Hall–Kier alpha value is -1.78. The molecule has 2 aromatic rings. The van der Waals surface area contributed by atoms with Crippen LogP contribution in [0.25, 0.3) is 10.9 Å². The predicted molar refractivity (Wildman–Crippen MR) is 74.5 cm³/mol. The van der Waals surface area contributed by atoms with E-state index in [9.17, 15) is 13.2 Å². The van der Waals surface area contributed by atoms with Crippen LogP contribution in [0.4, 0.5) is 18.9 Å². The topological polar surface area (TPSA) is 24.9 Å². The zero-order valence-corrected chi connectivity index (χ0v) is 11.9. The molecule has 0 amide bonds. The number of halogens is 3.